The van der Waals surface area contributed by atoms with E-state index in [1.807, 2.05) is 0 Å². The van der Waals surface area contributed by atoms with Gasteiger partial charge in [-0.2, -0.15) is 0 Å². The van der Waals surface area contributed by atoms with E-state index in [1.165, 1.54) is 29.1 Å². The summed E-state index contributed by atoms with van der Waals surface area (Å²) in [5.74, 6) is -0.239. The molecule has 0 aliphatic carbocycles. The van der Waals surface area contributed by atoms with Gasteiger partial charge in [0.2, 0.25) is 0 Å². The lowest BCUT2D eigenvalue weighted by molar-refractivity contribution is -0.139. The molecule has 1 aromatic heterocycles. The number of esters is 1. The van der Waals surface area contributed by atoms with Gasteiger partial charge in [0, 0.05) is 5.02 Å². The molecule has 1 atom stereocenters. The number of phenolic OH excluding ortho intramolecular Hbond substituents is 1. The van der Waals surface area contributed by atoms with Crippen molar-refractivity contribution in [1.82, 2.24) is 4.57 Å². The average Bonchev–Trinajstić information content (AvgIpc) is 3.09. The van der Waals surface area contributed by atoms with Gasteiger partial charge in [0.1, 0.15) is 6.04 Å². The first kappa shape index (κ1) is 22.8. The Hall–Kier alpha value is -3.36. The number of nitrogens with zero attached hydrogens (tertiary/aromatic N) is 2. The van der Waals surface area contributed by atoms with Crippen molar-refractivity contribution < 1.29 is 19.4 Å². The number of hydrogen-bond acceptors (Lipinski definition) is 7. The van der Waals surface area contributed by atoms with Crippen molar-refractivity contribution in [2.24, 2.45) is 4.99 Å². The zero-order valence-corrected chi connectivity index (χ0v) is 19.7. The molecule has 1 aliphatic rings. The first-order chi connectivity index (χ1) is 15.8. The first-order valence-corrected chi connectivity index (χ1v) is 11.4. The molecule has 2 aromatic carbocycles. The Morgan fingerprint density at radius 3 is 2.76 bits per heavy atom. The number of ether oxygens (including phenoxy) is 2. The number of phenols is 1. The quantitative estimate of drug-likeness (QED) is 0.562. The maximum Gasteiger partial charge on any atom is 0.338 e. The standard InChI is InChI=1S/C24H21ClN2O5S/c1-4-32-23(30)20-13(2)26-24-27(21(20)15-7-5-6-8-16(15)25)22(29)19(33-24)12-14-9-10-17(28)18(11-14)31-3/h5-12,21,28H,4H2,1-3H3/b19-12-/t21-/m1/s1. The van der Waals surface area contributed by atoms with Crippen LogP contribution in [0.2, 0.25) is 5.02 Å². The smallest absolute Gasteiger partial charge is 0.338 e. The van der Waals surface area contributed by atoms with Crippen LogP contribution in [0.15, 0.2) is 63.5 Å². The van der Waals surface area contributed by atoms with E-state index in [0.717, 1.165) is 0 Å². The number of methoxy groups -OCH3 is 1. The normalized spacial score (nSPS) is 15.8. The highest BCUT2D eigenvalue weighted by Gasteiger charge is 2.34. The average molecular weight is 485 g/mol. The topological polar surface area (TPSA) is 90.1 Å². The second-order valence-corrected chi connectivity index (χ2v) is 8.67. The third-order valence-electron chi connectivity index (χ3n) is 5.22. The van der Waals surface area contributed by atoms with Crippen molar-refractivity contribution in [1.29, 1.82) is 0 Å². The maximum atomic E-state index is 13.6. The Bertz CT molecular complexity index is 1450. The molecule has 3 aromatic rings. The monoisotopic (exact) mass is 484 g/mol. The van der Waals surface area contributed by atoms with Crippen molar-refractivity contribution in [3.8, 4) is 11.5 Å². The van der Waals surface area contributed by atoms with Gasteiger partial charge < -0.3 is 14.6 Å². The van der Waals surface area contributed by atoms with Gasteiger partial charge in [0.15, 0.2) is 16.3 Å². The SMILES string of the molecule is CCOC(=O)C1=C(C)N=c2s/c(=C\c3ccc(O)c(OC)c3)c(=O)n2[C@@H]1c1ccccc1Cl. The number of thiazole rings is 1. The minimum Gasteiger partial charge on any atom is -0.504 e. The Morgan fingerprint density at radius 1 is 1.30 bits per heavy atom. The highest BCUT2D eigenvalue weighted by Crippen LogP contribution is 2.34. The Morgan fingerprint density at radius 2 is 2.06 bits per heavy atom. The molecule has 170 valence electrons. The maximum absolute atomic E-state index is 13.6. The van der Waals surface area contributed by atoms with Gasteiger partial charge in [0.05, 0.1) is 29.5 Å². The zero-order chi connectivity index (χ0) is 23.7. The first-order valence-electron chi connectivity index (χ1n) is 10.2. The van der Waals surface area contributed by atoms with Crippen LogP contribution in [0.25, 0.3) is 6.08 Å². The number of aromatic hydroxyl groups is 1. The summed E-state index contributed by atoms with van der Waals surface area (Å²) in [6.07, 6.45) is 1.69. The van der Waals surface area contributed by atoms with Crippen molar-refractivity contribution in [2.45, 2.75) is 19.9 Å². The molecule has 2 heterocycles. The Labute approximate surface area is 198 Å². The van der Waals surface area contributed by atoms with Gasteiger partial charge in [-0.15, -0.1) is 0 Å². The molecule has 1 N–H and O–H groups in total. The molecular formula is C24H21ClN2O5S. The van der Waals surface area contributed by atoms with E-state index >= 15 is 0 Å². The predicted octanol–water partition coefficient (Wildman–Crippen LogP) is 3.17. The largest absolute Gasteiger partial charge is 0.504 e. The minimum atomic E-state index is -0.773. The fourth-order valence-electron chi connectivity index (χ4n) is 3.72. The Balaban J connectivity index is 1.96. The van der Waals surface area contributed by atoms with Crippen LogP contribution < -0.4 is 19.6 Å². The van der Waals surface area contributed by atoms with Gasteiger partial charge in [-0.1, -0.05) is 47.2 Å². The van der Waals surface area contributed by atoms with Crippen LogP contribution in [0.4, 0.5) is 0 Å². The molecule has 1 aliphatic heterocycles. The van der Waals surface area contributed by atoms with Gasteiger partial charge in [-0.05, 0) is 49.2 Å². The van der Waals surface area contributed by atoms with Gasteiger partial charge in [-0.3, -0.25) is 9.36 Å². The van der Waals surface area contributed by atoms with Crippen LogP contribution in [-0.2, 0) is 9.53 Å². The number of hydrogen-bond donors (Lipinski definition) is 1. The van der Waals surface area contributed by atoms with E-state index in [9.17, 15) is 14.7 Å². The van der Waals surface area contributed by atoms with Gasteiger partial charge in [0.25, 0.3) is 5.56 Å². The molecule has 0 saturated heterocycles. The van der Waals surface area contributed by atoms with Gasteiger partial charge in [-0.25, -0.2) is 9.79 Å². The molecule has 4 rings (SSSR count). The third-order valence-corrected chi connectivity index (χ3v) is 6.55. The van der Waals surface area contributed by atoms with E-state index < -0.39 is 12.0 Å². The molecule has 0 spiro atoms. The number of rotatable bonds is 5. The minimum absolute atomic E-state index is 0.00420. The third kappa shape index (κ3) is 4.19. The van der Waals surface area contributed by atoms with E-state index in [1.54, 1.807) is 56.3 Å². The lowest BCUT2D eigenvalue weighted by Gasteiger charge is -2.25. The Kier molecular flexibility index (Phi) is 6.40. The number of halogens is 1. The predicted molar refractivity (Wildman–Crippen MR) is 127 cm³/mol. The molecule has 0 amide bonds. The van der Waals surface area contributed by atoms with Crippen LogP contribution in [0.3, 0.4) is 0 Å². The fraction of sp³-hybridized carbons (Fsp3) is 0.208. The van der Waals surface area contributed by atoms with Crippen LogP contribution in [0, 0.1) is 0 Å². The summed E-state index contributed by atoms with van der Waals surface area (Å²) < 4.78 is 12.3. The molecule has 0 radical (unpaired) electrons. The molecule has 0 saturated carbocycles. The fourth-order valence-corrected chi connectivity index (χ4v) is 5.00. The van der Waals surface area contributed by atoms with Crippen LogP contribution >= 0.6 is 22.9 Å². The molecule has 0 fully saturated rings. The molecule has 33 heavy (non-hydrogen) atoms. The number of carbonyl (C=O) groups is 1. The number of aromatic nitrogens is 1. The van der Waals surface area contributed by atoms with Crippen LogP contribution in [-0.4, -0.2) is 29.4 Å². The van der Waals surface area contributed by atoms with Crippen molar-refractivity contribution in [2.75, 3.05) is 13.7 Å². The summed E-state index contributed by atoms with van der Waals surface area (Å²) >= 11 is 7.70. The summed E-state index contributed by atoms with van der Waals surface area (Å²) in [6.45, 7) is 3.63. The molecular weight excluding hydrogens is 464 g/mol. The van der Waals surface area contributed by atoms with Crippen molar-refractivity contribution in [3.05, 3.63) is 89.6 Å². The van der Waals surface area contributed by atoms with E-state index in [-0.39, 0.29) is 23.5 Å². The zero-order valence-electron chi connectivity index (χ0n) is 18.2. The molecule has 0 unspecified atom stereocenters. The highest BCUT2D eigenvalue weighted by molar-refractivity contribution is 7.07. The summed E-state index contributed by atoms with van der Waals surface area (Å²) in [5, 5.41) is 10.3. The molecule has 7 nitrogen and oxygen atoms in total. The van der Waals surface area contributed by atoms with E-state index in [0.29, 0.717) is 36.9 Å². The number of benzene rings is 2. The second-order valence-electron chi connectivity index (χ2n) is 7.26. The molecule has 9 heteroatoms. The summed E-state index contributed by atoms with van der Waals surface area (Å²) in [6, 6.07) is 11.1. The summed E-state index contributed by atoms with van der Waals surface area (Å²) in [7, 11) is 1.45. The molecule has 0 bridgehead atoms. The van der Waals surface area contributed by atoms with Crippen LogP contribution in [0.5, 0.6) is 11.5 Å². The number of carbonyl (C=O) groups excluding carboxylic acids is 1. The highest BCUT2D eigenvalue weighted by atomic mass is 35.5. The van der Waals surface area contributed by atoms with Crippen LogP contribution in [0.1, 0.15) is 31.0 Å². The number of allylic oxidation sites excluding steroid dienone is 1. The van der Waals surface area contributed by atoms with E-state index in [4.69, 9.17) is 21.1 Å². The van der Waals surface area contributed by atoms with Gasteiger partial charge >= 0.3 is 5.97 Å². The van der Waals surface area contributed by atoms with E-state index in [2.05, 4.69) is 4.99 Å². The van der Waals surface area contributed by atoms with Crippen molar-refractivity contribution in [3.63, 3.8) is 0 Å². The lowest BCUT2D eigenvalue weighted by Crippen LogP contribution is -2.40. The summed E-state index contributed by atoms with van der Waals surface area (Å²) in [4.78, 5) is 31.4. The summed E-state index contributed by atoms with van der Waals surface area (Å²) in [5.41, 5.74) is 1.71. The van der Waals surface area contributed by atoms with Crippen molar-refractivity contribution >= 4 is 35.0 Å². The second kappa shape index (κ2) is 9.25. The lowest BCUT2D eigenvalue weighted by atomic mass is 9.96. The number of fused-ring (bicyclic) bond motifs is 1.